The molecule has 0 aliphatic heterocycles. The first kappa shape index (κ1) is 14.8. The maximum atomic E-state index is 13.0. The molecule has 0 aliphatic rings. The fourth-order valence-electron chi connectivity index (χ4n) is 1.86. The Balaban J connectivity index is 1.98. The molecule has 0 radical (unpaired) electrons. The Labute approximate surface area is 121 Å². The molecule has 0 spiro atoms. The highest BCUT2D eigenvalue weighted by Crippen LogP contribution is 2.15. The molecule has 0 saturated carbocycles. The lowest BCUT2D eigenvalue weighted by atomic mass is 10.1. The van der Waals surface area contributed by atoms with Gasteiger partial charge in [-0.15, -0.1) is 0 Å². The molecule has 110 valence electrons. The fourth-order valence-corrected chi connectivity index (χ4v) is 1.86. The Bertz CT molecular complexity index is 629. The predicted molar refractivity (Wildman–Crippen MR) is 76.3 cm³/mol. The van der Waals surface area contributed by atoms with E-state index in [9.17, 15) is 9.18 Å². The predicted octanol–water partition coefficient (Wildman–Crippen LogP) is 2.58. The van der Waals surface area contributed by atoms with Crippen LogP contribution in [-0.4, -0.2) is 29.7 Å². The summed E-state index contributed by atoms with van der Waals surface area (Å²) in [6, 6.07) is 8.51. The van der Waals surface area contributed by atoms with Crippen LogP contribution in [0.15, 0.2) is 36.5 Å². The molecule has 0 atom stereocenters. The van der Waals surface area contributed by atoms with Gasteiger partial charge in [0.1, 0.15) is 22.9 Å². The number of methoxy groups -OCH3 is 1. The highest BCUT2D eigenvalue weighted by Gasteiger charge is 2.12. The number of anilines is 1. The first-order valence-corrected chi connectivity index (χ1v) is 6.36. The minimum Gasteiger partial charge on any atom is -0.497 e. The standard InChI is InChI=1S/C15H15FN2O3/c1-21-12-4-2-10(3-5-12)6-7-17-14-13(15(19)20)8-11(16)9-18-14/h2-5,8-9H,6-7H2,1H3,(H,17,18)(H,19,20). The number of ether oxygens (including phenoxy) is 1. The Morgan fingerprint density at radius 3 is 2.71 bits per heavy atom. The van der Waals surface area contributed by atoms with Gasteiger partial charge in [-0.2, -0.15) is 0 Å². The van der Waals surface area contributed by atoms with Gasteiger partial charge in [-0.25, -0.2) is 14.2 Å². The first-order valence-electron chi connectivity index (χ1n) is 6.36. The van der Waals surface area contributed by atoms with Gasteiger partial charge in [-0.1, -0.05) is 12.1 Å². The van der Waals surface area contributed by atoms with Crippen LogP contribution < -0.4 is 10.1 Å². The molecule has 0 unspecified atom stereocenters. The third-order valence-corrected chi connectivity index (χ3v) is 2.95. The van der Waals surface area contributed by atoms with E-state index in [1.54, 1.807) is 7.11 Å². The lowest BCUT2D eigenvalue weighted by Crippen LogP contribution is -2.11. The Morgan fingerprint density at radius 2 is 2.10 bits per heavy atom. The molecule has 1 heterocycles. The Hall–Kier alpha value is -2.63. The van der Waals surface area contributed by atoms with Crippen LogP contribution in [0.3, 0.4) is 0 Å². The van der Waals surface area contributed by atoms with E-state index in [2.05, 4.69) is 10.3 Å². The van der Waals surface area contributed by atoms with Gasteiger partial charge in [-0.3, -0.25) is 0 Å². The molecule has 0 amide bonds. The zero-order valence-electron chi connectivity index (χ0n) is 11.5. The van der Waals surface area contributed by atoms with E-state index < -0.39 is 11.8 Å². The SMILES string of the molecule is COc1ccc(CCNc2ncc(F)cc2C(=O)O)cc1. The first-order chi connectivity index (χ1) is 10.1. The number of rotatable bonds is 6. The van der Waals surface area contributed by atoms with Crippen molar-refractivity contribution in [1.29, 1.82) is 0 Å². The molecule has 2 aromatic rings. The number of halogens is 1. The second-order valence-electron chi connectivity index (χ2n) is 4.38. The normalized spacial score (nSPS) is 10.2. The number of pyridine rings is 1. The number of carboxylic acid groups (broad SMARTS) is 1. The lowest BCUT2D eigenvalue weighted by molar-refractivity contribution is 0.0697. The third-order valence-electron chi connectivity index (χ3n) is 2.95. The summed E-state index contributed by atoms with van der Waals surface area (Å²) in [6.45, 7) is 0.491. The summed E-state index contributed by atoms with van der Waals surface area (Å²) in [5.41, 5.74) is 0.895. The van der Waals surface area contributed by atoms with Gasteiger partial charge in [0.15, 0.2) is 0 Å². The zero-order chi connectivity index (χ0) is 15.2. The highest BCUT2D eigenvalue weighted by molar-refractivity contribution is 5.93. The molecule has 1 aromatic heterocycles. The van der Waals surface area contributed by atoms with Crippen molar-refractivity contribution in [1.82, 2.24) is 4.98 Å². The quantitative estimate of drug-likeness (QED) is 0.855. The summed E-state index contributed by atoms with van der Waals surface area (Å²) in [5.74, 6) is -0.945. The average molecular weight is 290 g/mol. The Kier molecular flexibility index (Phi) is 4.71. The van der Waals surface area contributed by atoms with Crippen molar-refractivity contribution < 1.29 is 19.0 Å². The fraction of sp³-hybridized carbons (Fsp3) is 0.200. The number of aromatic nitrogens is 1. The lowest BCUT2D eigenvalue weighted by Gasteiger charge is -2.09. The van der Waals surface area contributed by atoms with Crippen molar-refractivity contribution in [2.75, 3.05) is 19.0 Å². The van der Waals surface area contributed by atoms with E-state index in [0.717, 1.165) is 23.6 Å². The zero-order valence-corrected chi connectivity index (χ0v) is 11.5. The van der Waals surface area contributed by atoms with Gasteiger partial charge >= 0.3 is 5.97 Å². The van der Waals surface area contributed by atoms with E-state index in [4.69, 9.17) is 9.84 Å². The molecule has 5 nitrogen and oxygen atoms in total. The van der Waals surface area contributed by atoms with Crippen LogP contribution >= 0.6 is 0 Å². The molecule has 6 heteroatoms. The van der Waals surface area contributed by atoms with Crippen LogP contribution in [0.4, 0.5) is 10.2 Å². The van der Waals surface area contributed by atoms with E-state index in [1.807, 2.05) is 24.3 Å². The van der Waals surface area contributed by atoms with Crippen LogP contribution in [0, 0.1) is 5.82 Å². The minimum absolute atomic E-state index is 0.164. The second-order valence-corrected chi connectivity index (χ2v) is 4.38. The van der Waals surface area contributed by atoms with Crippen molar-refractivity contribution in [3.05, 3.63) is 53.5 Å². The number of nitrogens with one attached hydrogen (secondary N) is 1. The highest BCUT2D eigenvalue weighted by atomic mass is 19.1. The van der Waals surface area contributed by atoms with Gasteiger partial charge in [0.2, 0.25) is 0 Å². The van der Waals surface area contributed by atoms with Crippen molar-refractivity contribution in [2.24, 2.45) is 0 Å². The molecule has 0 aliphatic carbocycles. The number of aromatic carboxylic acids is 1. The van der Waals surface area contributed by atoms with Gasteiger partial charge in [-0.05, 0) is 30.2 Å². The summed E-state index contributed by atoms with van der Waals surface area (Å²) in [5, 5.41) is 11.9. The number of hydrogen-bond donors (Lipinski definition) is 2. The molecular weight excluding hydrogens is 275 g/mol. The maximum Gasteiger partial charge on any atom is 0.339 e. The summed E-state index contributed by atoms with van der Waals surface area (Å²) >= 11 is 0. The summed E-state index contributed by atoms with van der Waals surface area (Å²) in [6.07, 6.45) is 1.67. The van der Waals surface area contributed by atoms with Gasteiger partial charge < -0.3 is 15.2 Å². The van der Waals surface area contributed by atoms with Crippen molar-refractivity contribution in [2.45, 2.75) is 6.42 Å². The molecule has 2 N–H and O–H groups in total. The van der Waals surface area contributed by atoms with Crippen LogP contribution in [0.2, 0.25) is 0 Å². The van der Waals surface area contributed by atoms with E-state index in [1.165, 1.54) is 0 Å². The number of nitrogens with zero attached hydrogens (tertiary/aromatic N) is 1. The van der Waals surface area contributed by atoms with Crippen molar-refractivity contribution >= 4 is 11.8 Å². The van der Waals surface area contributed by atoms with Crippen LogP contribution in [0.5, 0.6) is 5.75 Å². The number of hydrogen-bond acceptors (Lipinski definition) is 4. The van der Waals surface area contributed by atoms with Crippen LogP contribution in [0.1, 0.15) is 15.9 Å². The topological polar surface area (TPSA) is 71.5 Å². The summed E-state index contributed by atoms with van der Waals surface area (Å²) < 4.78 is 18.1. The van der Waals surface area contributed by atoms with E-state index in [0.29, 0.717) is 13.0 Å². The van der Waals surface area contributed by atoms with Crippen LogP contribution in [0.25, 0.3) is 0 Å². The number of carboxylic acids is 1. The third kappa shape index (κ3) is 3.92. The van der Waals surface area contributed by atoms with Gasteiger partial charge in [0, 0.05) is 6.54 Å². The smallest absolute Gasteiger partial charge is 0.339 e. The molecular formula is C15H15FN2O3. The van der Waals surface area contributed by atoms with Gasteiger partial charge in [0.25, 0.3) is 0 Å². The summed E-state index contributed by atoms with van der Waals surface area (Å²) in [4.78, 5) is 14.8. The Morgan fingerprint density at radius 1 is 1.38 bits per heavy atom. The maximum absolute atomic E-state index is 13.0. The monoisotopic (exact) mass is 290 g/mol. The molecule has 0 fully saturated rings. The average Bonchev–Trinajstić information content (AvgIpc) is 2.49. The van der Waals surface area contributed by atoms with Gasteiger partial charge in [0.05, 0.1) is 13.3 Å². The number of benzene rings is 1. The van der Waals surface area contributed by atoms with Crippen LogP contribution in [-0.2, 0) is 6.42 Å². The molecule has 1 aromatic carbocycles. The van der Waals surface area contributed by atoms with Crippen molar-refractivity contribution in [3.8, 4) is 5.75 Å². The van der Waals surface area contributed by atoms with E-state index >= 15 is 0 Å². The second kappa shape index (κ2) is 6.69. The van der Waals surface area contributed by atoms with Crippen molar-refractivity contribution in [3.63, 3.8) is 0 Å². The number of carbonyl (C=O) groups is 1. The minimum atomic E-state index is -1.21. The largest absolute Gasteiger partial charge is 0.497 e. The van der Waals surface area contributed by atoms with E-state index in [-0.39, 0.29) is 11.4 Å². The molecule has 0 saturated heterocycles. The molecule has 2 rings (SSSR count). The molecule has 0 bridgehead atoms. The summed E-state index contributed by atoms with van der Waals surface area (Å²) in [7, 11) is 1.60. The molecule has 21 heavy (non-hydrogen) atoms.